The van der Waals surface area contributed by atoms with Crippen LogP contribution in [-0.4, -0.2) is 17.9 Å². The second-order valence-corrected chi connectivity index (χ2v) is 6.72. The third kappa shape index (κ3) is 101. The third-order valence-electron chi connectivity index (χ3n) is 0. The molecule has 0 fully saturated rings. The van der Waals surface area contributed by atoms with E-state index in [0.717, 1.165) is 0 Å². The molecule has 0 rings (SSSR count). The molecule has 0 aromatic heterocycles. The predicted molar refractivity (Wildman–Crippen MR) is 20.4 cm³/mol. The van der Waals surface area contributed by atoms with Crippen LogP contribution in [-0.2, 0) is 20.8 Å². The van der Waals surface area contributed by atoms with Crippen molar-refractivity contribution in [3.05, 3.63) is 0 Å². The summed E-state index contributed by atoms with van der Waals surface area (Å²) in [6, 6.07) is 0. The number of hydrogen-bond donors (Lipinski definition) is 1. The molecule has 0 aromatic rings. The van der Waals surface area contributed by atoms with Crippen molar-refractivity contribution in [1.29, 1.82) is 0 Å². The first kappa shape index (κ1) is 9.96. The van der Waals surface area contributed by atoms with Gasteiger partial charge >= 0.3 is 33.1 Å². The summed E-state index contributed by atoms with van der Waals surface area (Å²) in [6.45, 7) is 0. The molecule has 6 heavy (non-hydrogen) atoms. The molecule has 0 aromatic carbocycles. The van der Waals surface area contributed by atoms with Gasteiger partial charge < -0.3 is 0 Å². The van der Waals surface area contributed by atoms with Crippen molar-refractivity contribution in [3.8, 4) is 0 Å². The van der Waals surface area contributed by atoms with E-state index in [0.29, 0.717) is 0 Å². The zero-order valence-corrected chi connectivity index (χ0v) is 6.42. The molecular weight excluding hydrogens is 194 g/mol. The molecule has 0 amide bonds. The van der Waals surface area contributed by atoms with Crippen LogP contribution in [0.2, 0.25) is 11.4 Å². The Morgan fingerprint density at radius 2 is 1.50 bits per heavy atom. The van der Waals surface area contributed by atoms with Gasteiger partial charge in [-0.2, -0.15) is 0 Å². The normalized spacial score (nSPS) is 9.83. The first-order valence-electron chi connectivity index (χ1n) is 1.28. The van der Waals surface area contributed by atoms with E-state index in [1.54, 1.807) is 0 Å². The van der Waals surface area contributed by atoms with E-state index in [1.807, 2.05) is 0 Å². The summed E-state index contributed by atoms with van der Waals surface area (Å²) in [5.74, 6) is 0. The molecule has 0 heterocycles. The minimum absolute atomic E-state index is 0. The molecule has 0 saturated heterocycles. The molecule has 43 valence electrons. The zero-order chi connectivity index (χ0) is 4.50. The zero-order valence-electron chi connectivity index (χ0n) is 3.60. The largest absolute Gasteiger partial charge is 0 e. The van der Waals surface area contributed by atoms with Gasteiger partial charge in [0.05, 0.1) is 0 Å². The fraction of sp³-hybridized carbons (Fsp3) is 1.00. The Morgan fingerprint density at radius 3 is 1.50 bits per heavy atom. The Labute approximate surface area is 50.4 Å². The summed E-state index contributed by atoms with van der Waals surface area (Å²) in [5, 5.41) is 0. The Balaban J connectivity index is 0. The van der Waals surface area contributed by atoms with E-state index < -0.39 is 13.8 Å². The molecule has 0 aliphatic heterocycles. The summed E-state index contributed by atoms with van der Waals surface area (Å²) in [5.41, 5.74) is 2.72. The Hall–Kier alpha value is 0.838. The van der Waals surface area contributed by atoms with Gasteiger partial charge in [0.2, 0.25) is 0 Å². The average Bonchev–Trinajstić information content (AvgIpc) is 0.722. The van der Waals surface area contributed by atoms with Gasteiger partial charge in [0.1, 0.15) is 0 Å². The summed E-state index contributed by atoms with van der Waals surface area (Å²) in [4.78, 5) is 0. The fourth-order valence-electron chi connectivity index (χ4n) is 0. The van der Waals surface area contributed by atoms with Crippen molar-refractivity contribution < 1.29 is 24.9 Å². The molecule has 0 saturated carbocycles. The van der Waals surface area contributed by atoms with Gasteiger partial charge in [-0.05, 0) is 0 Å². The molecular formula is C2H7AsCuO2. The SMILES string of the molecule is C[As](C)(=O)O.[Cu]. The van der Waals surface area contributed by atoms with E-state index in [4.69, 9.17) is 4.10 Å². The van der Waals surface area contributed by atoms with Crippen LogP contribution in [0.5, 0.6) is 0 Å². The quantitative estimate of drug-likeness (QED) is 0.565. The third-order valence-corrected chi connectivity index (χ3v) is 0. The molecule has 1 N–H and O–H groups in total. The molecule has 0 atom stereocenters. The van der Waals surface area contributed by atoms with Crippen molar-refractivity contribution >= 4 is 13.8 Å². The van der Waals surface area contributed by atoms with E-state index in [1.165, 1.54) is 11.4 Å². The second-order valence-electron chi connectivity index (χ2n) is 1.29. The monoisotopic (exact) mass is 201 g/mol. The summed E-state index contributed by atoms with van der Waals surface area (Å²) in [7, 11) is 0. The van der Waals surface area contributed by atoms with Gasteiger partial charge in [-0.25, -0.2) is 0 Å². The minimum atomic E-state index is -3.12. The van der Waals surface area contributed by atoms with Crippen LogP contribution in [0, 0.1) is 0 Å². The van der Waals surface area contributed by atoms with Gasteiger partial charge in [-0.15, -0.1) is 0 Å². The van der Waals surface area contributed by atoms with E-state index >= 15 is 0 Å². The predicted octanol–water partition coefficient (Wildman–Crippen LogP) is 0.108. The van der Waals surface area contributed by atoms with Crippen LogP contribution < -0.4 is 0 Å². The van der Waals surface area contributed by atoms with Crippen molar-refractivity contribution in [2.75, 3.05) is 0 Å². The second kappa shape index (κ2) is 2.92. The van der Waals surface area contributed by atoms with Gasteiger partial charge in [0.15, 0.2) is 0 Å². The maximum Gasteiger partial charge on any atom is 0 e. The maximum absolute atomic E-state index is 9.83. The smallest absolute Gasteiger partial charge is 0 e. The van der Waals surface area contributed by atoms with Crippen LogP contribution in [0.1, 0.15) is 0 Å². The molecule has 0 unspecified atom stereocenters. The first-order valence-corrected chi connectivity index (χ1v) is 6.64. The van der Waals surface area contributed by atoms with Crippen molar-refractivity contribution in [3.63, 3.8) is 0 Å². The Morgan fingerprint density at radius 1 is 1.50 bits per heavy atom. The van der Waals surface area contributed by atoms with E-state index in [2.05, 4.69) is 0 Å². The molecule has 1 radical (unpaired) electrons. The van der Waals surface area contributed by atoms with Gasteiger partial charge in [0, 0.05) is 17.1 Å². The van der Waals surface area contributed by atoms with Gasteiger partial charge in [-0.3, -0.25) is 0 Å². The van der Waals surface area contributed by atoms with Gasteiger partial charge in [-0.1, -0.05) is 0 Å². The van der Waals surface area contributed by atoms with Crippen molar-refractivity contribution in [2.45, 2.75) is 11.4 Å². The Kier molecular flexibility index (Phi) is 4.85. The van der Waals surface area contributed by atoms with Crippen LogP contribution in [0.4, 0.5) is 0 Å². The fourth-order valence-corrected chi connectivity index (χ4v) is 0. The molecule has 2 nitrogen and oxygen atoms in total. The van der Waals surface area contributed by atoms with Crippen LogP contribution in [0.25, 0.3) is 0 Å². The van der Waals surface area contributed by atoms with Crippen molar-refractivity contribution in [2.24, 2.45) is 0 Å². The minimum Gasteiger partial charge on any atom is 0 e. The summed E-state index contributed by atoms with van der Waals surface area (Å²) in [6.07, 6.45) is 0. The maximum atomic E-state index is 9.83. The van der Waals surface area contributed by atoms with Crippen LogP contribution >= 0.6 is 0 Å². The van der Waals surface area contributed by atoms with E-state index in [9.17, 15) is 3.74 Å². The standard InChI is InChI=1S/C2H7AsO2.Cu/c1-3(2,4)5;/h1-2H3,(H,4,5);. The van der Waals surface area contributed by atoms with Gasteiger partial charge in [0.25, 0.3) is 0 Å². The summed E-state index contributed by atoms with van der Waals surface area (Å²) < 4.78 is 18.0. The number of rotatable bonds is 0. The van der Waals surface area contributed by atoms with Crippen molar-refractivity contribution in [1.82, 2.24) is 0 Å². The molecule has 0 aliphatic carbocycles. The topological polar surface area (TPSA) is 37.3 Å². The molecule has 0 spiro atoms. The average molecular weight is 202 g/mol. The molecule has 0 aliphatic rings. The number of hydrogen-bond acceptors (Lipinski definition) is 1. The molecule has 0 bridgehead atoms. The Bertz CT molecular complexity index is 57.7. The van der Waals surface area contributed by atoms with Crippen LogP contribution in [0.3, 0.4) is 0 Å². The van der Waals surface area contributed by atoms with Crippen LogP contribution in [0.15, 0.2) is 0 Å². The summed E-state index contributed by atoms with van der Waals surface area (Å²) >= 11 is -3.12. The first-order chi connectivity index (χ1) is 2.00. The molecule has 4 heteroatoms. The van der Waals surface area contributed by atoms with E-state index in [-0.39, 0.29) is 17.1 Å².